The first-order valence-electron chi connectivity index (χ1n) is 13.5. The highest BCUT2D eigenvalue weighted by Crippen LogP contribution is 2.46. The summed E-state index contributed by atoms with van der Waals surface area (Å²) < 4.78 is 33.8. The topological polar surface area (TPSA) is 218 Å². The Morgan fingerprint density at radius 3 is 2.19 bits per heavy atom. The number of benzene rings is 2. The minimum absolute atomic E-state index is 0.0408. The Hall–Kier alpha value is -3.31. The summed E-state index contributed by atoms with van der Waals surface area (Å²) in [6.45, 7) is 0.686. The van der Waals surface area contributed by atoms with E-state index in [1.54, 1.807) is 24.3 Å². The summed E-state index contributed by atoms with van der Waals surface area (Å²) in [7, 11) is 2.79. The second-order valence-electron chi connectivity index (χ2n) is 10.5. The van der Waals surface area contributed by atoms with Crippen LogP contribution < -0.4 is 14.9 Å². The summed E-state index contributed by atoms with van der Waals surface area (Å²) in [6.07, 6.45) is -15.5. The Kier molecular flexibility index (Phi) is 8.94. The van der Waals surface area contributed by atoms with Crippen LogP contribution >= 0.6 is 0 Å². The number of hydrogen-bond acceptors (Lipinski definition) is 14. The SMILES string of the molecule is COc1ccc(-c2cc(=O)c3c(O)c([C@@H]4O[C@H](CO)[C@@H](O)[C@H](O)[C@H]4O[C@@H]4O[C@@H](C)[C@H](O)[C@@H](O)[C@H]4O)c(OC)cc3o2)cc1. The van der Waals surface area contributed by atoms with Crippen molar-refractivity contribution in [1.29, 1.82) is 0 Å². The molecule has 2 saturated heterocycles. The third-order valence-electron chi connectivity index (χ3n) is 7.84. The molecular formula is C29H34O14. The lowest BCUT2D eigenvalue weighted by molar-refractivity contribution is -0.338. The Labute approximate surface area is 244 Å². The minimum Gasteiger partial charge on any atom is -0.506 e. The first-order chi connectivity index (χ1) is 20.5. The molecule has 5 rings (SSSR count). The van der Waals surface area contributed by atoms with E-state index in [4.69, 9.17) is 28.1 Å². The van der Waals surface area contributed by atoms with Crippen LogP contribution in [0.5, 0.6) is 17.2 Å². The fourth-order valence-corrected chi connectivity index (χ4v) is 5.39. The fourth-order valence-electron chi connectivity index (χ4n) is 5.39. The van der Waals surface area contributed by atoms with E-state index in [0.717, 1.165) is 0 Å². The van der Waals surface area contributed by atoms with Crippen LogP contribution in [0.1, 0.15) is 18.6 Å². The van der Waals surface area contributed by atoms with Gasteiger partial charge in [-0.3, -0.25) is 4.79 Å². The number of aromatic hydroxyl groups is 1. The summed E-state index contributed by atoms with van der Waals surface area (Å²) in [5.74, 6) is 0.0894. The maximum Gasteiger partial charge on any atom is 0.197 e. The molecule has 0 unspecified atom stereocenters. The average Bonchev–Trinajstić information content (AvgIpc) is 3.00. The molecule has 2 aliphatic heterocycles. The van der Waals surface area contributed by atoms with E-state index < -0.39 is 79.0 Å². The molecule has 0 aliphatic carbocycles. The molecule has 14 nitrogen and oxygen atoms in total. The summed E-state index contributed by atoms with van der Waals surface area (Å²) in [4.78, 5) is 13.3. The number of phenolic OH excluding ortho intramolecular Hbond substituents is 1. The second-order valence-corrected chi connectivity index (χ2v) is 10.5. The first-order valence-corrected chi connectivity index (χ1v) is 13.5. The number of aliphatic hydroxyl groups excluding tert-OH is 6. The van der Waals surface area contributed by atoms with Crippen molar-refractivity contribution in [2.75, 3.05) is 20.8 Å². The highest BCUT2D eigenvalue weighted by atomic mass is 16.7. The number of ether oxygens (including phenoxy) is 5. The lowest BCUT2D eigenvalue weighted by Crippen LogP contribution is -2.61. The quantitative estimate of drug-likeness (QED) is 0.181. The Morgan fingerprint density at radius 1 is 0.860 bits per heavy atom. The molecule has 0 spiro atoms. The summed E-state index contributed by atoms with van der Waals surface area (Å²) in [5, 5.41) is 73.6. The van der Waals surface area contributed by atoms with Gasteiger partial charge in [0.15, 0.2) is 11.7 Å². The van der Waals surface area contributed by atoms with Crippen molar-refractivity contribution in [1.82, 2.24) is 0 Å². The minimum atomic E-state index is -1.79. The van der Waals surface area contributed by atoms with E-state index in [2.05, 4.69) is 0 Å². The molecule has 1 aromatic heterocycles. The lowest BCUT2D eigenvalue weighted by atomic mass is 9.89. The molecule has 2 fully saturated rings. The van der Waals surface area contributed by atoms with Gasteiger partial charge in [-0.15, -0.1) is 0 Å². The molecule has 0 saturated carbocycles. The van der Waals surface area contributed by atoms with Crippen molar-refractivity contribution in [2.24, 2.45) is 0 Å². The molecule has 234 valence electrons. The monoisotopic (exact) mass is 606 g/mol. The van der Waals surface area contributed by atoms with Gasteiger partial charge in [0.25, 0.3) is 0 Å². The molecule has 10 atom stereocenters. The summed E-state index contributed by atoms with van der Waals surface area (Å²) in [5.41, 5.74) is -0.298. The van der Waals surface area contributed by atoms with E-state index >= 15 is 0 Å². The van der Waals surface area contributed by atoms with E-state index in [9.17, 15) is 40.5 Å². The van der Waals surface area contributed by atoms with Crippen LogP contribution in [0.15, 0.2) is 45.6 Å². The number of rotatable bonds is 7. The zero-order valence-electron chi connectivity index (χ0n) is 23.4. The smallest absolute Gasteiger partial charge is 0.197 e. The van der Waals surface area contributed by atoms with Crippen molar-refractivity contribution in [3.8, 4) is 28.6 Å². The van der Waals surface area contributed by atoms with Gasteiger partial charge in [0.05, 0.1) is 32.5 Å². The summed E-state index contributed by atoms with van der Waals surface area (Å²) in [6, 6.07) is 9.26. The lowest BCUT2D eigenvalue weighted by Gasteiger charge is -2.46. The first kappa shape index (κ1) is 31.1. The van der Waals surface area contributed by atoms with Gasteiger partial charge < -0.3 is 63.8 Å². The standard InChI is InChI=1S/C29H34O14/c1-11-21(32)24(35)26(37)29(40-11)43-28-25(36)22(33)18(10-30)42-27(28)20-16(39-3)9-17-19(23(20)34)14(31)8-15(41-17)12-4-6-13(38-2)7-5-12/h4-9,11,18,21-22,24-30,32-37H,10H2,1-3H3/t11-,18+,21-,22+,24+,25-,26+,27-,28+,29-/m0/s1. The van der Waals surface area contributed by atoms with Crippen molar-refractivity contribution >= 4 is 11.0 Å². The number of phenols is 1. The molecule has 43 heavy (non-hydrogen) atoms. The van der Waals surface area contributed by atoms with Crippen LogP contribution in [-0.4, -0.2) is 112 Å². The molecular weight excluding hydrogens is 572 g/mol. The normalized spacial score (nSPS) is 33.0. The third kappa shape index (κ3) is 5.57. The van der Waals surface area contributed by atoms with Gasteiger partial charge in [-0.2, -0.15) is 0 Å². The van der Waals surface area contributed by atoms with Gasteiger partial charge in [0.2, 0.25) is 0 Å². The Bertz CT molecular complexity index is 1490. The molecule has 0 bridgehead atoms. The van der Waals surface area contributed by atoms with Gasteiger partial charge in [0.1, 0.15) is 82.8 Å². The van der Waals surface area contributed by atoms with Crippen molar-refractivity contribution in [3.63, 3.8) is 0 Å². The molecule has 2 aliphatic rings. The van der Waals surface area contributed by atoms with Gasteiger partial charge in [-0.1, -0.05) is 0 Å². The van der Waals surface area contributed by atoms with Gasteiger partial charge >= 0.3 is 0 Å². The molecule has 2 aromatic carbocycles. The van der Waals surface area contributed by atoms with Crippen molar-refractivity contribution in [2.45, 2.75) is 68.1 Å². The largest absolute Gasteiger partial charge is 0.506 e. The van der Waals surface area contributed by atoms with Crippen molar-refractivity contribution < 1.29 is 63.8 Å². The van der Waals surface area contributed by atoms with Gasteiger partial charge in [0, 0.05) is 17.7 Å². The van der Waals surface area contributed by atoms with Gasteiger partial charge in [-0.05, 0) is 31.2 Å². The molecule has 3 heterocycles. The highest BCUT2D eigenvalue weighted by molar-refractivity contribution is 5.88. The fraction of sp³-hybridized carbons (Fsp3) is 0.483. The molecule has 0 amide bonds. The van der Waals surface area contributed by atoms with Crippen LogP contribution in [0.4, 0.5) is 0 Å². The zero-order valence-corrected chi connectivity index (χ0v) is 23.4. The Balaban J connectivity index is 1.60. The van der Waals surface area contributed by atoms with Crippen LogP contribution in [0.2, 0.25) is 0 Å². The van der Waals surface area contributed by atoms with Crippen LogP contribution in [0, 0.1) is 0 Å². The number of aliphatic hydroxyl groups is 6. The predicted octanol–water partition coefficient (Wildman–Crippen LogP) is -0.451. The molecule has 0 radical (unpaired) electrons. The maximum absolute atomic E-state index is 13.3. The third-order valence-corrected chi connectivity index (χ3v) is 7.84. The number of methoxy groups -OCH3 is 2. The number of fused-ring (bicyclic) bond motifs is 1. The van der Waals surface area contributed by atoms with Crippen LogP contribution in [-0.2, 0) is 14.2 Å². The van der Waals surface area contributed by atoms with E-state index in [1.165, 1.54) is 33.3 Å². The molecule has 14 heteroatoms. The number of hydrogen-bond donors (Lipinski definition) is 7. The van der Waals surface area contributed by atoms with E-state index in [-0.39, 0.29) is 28.0 Å². The van der Waals surface area contributed by atoms with Crippen LogP contribution in [0.25, 0.3) is 22.3 Å². The van der Waals surface area contributed by atoms with Gasteiger partial charge in [-0.25, -0.2) is 0 Å². The highest BCUT2D eigenvalue weighted by Gasteiger charge is 2.51. The Morgan fingerprint density at radius 2 is 1.56 bits per heavy atom. The average molecular weight is 607 g/mol. The maximum atomic E-state index is 13.3. The predicted molar refractivity (Wildman–Crippen MR) is 147 cm³/mol. The second kappa shape index (κ2) is 12.4. The zero-order chi connectivity index (χ0) is 31.2. The van der Waals surface area contributed by atoms with Crippen molar-refractivity contribution in [3.05, 3.63) is 52.2 Å². The van der Waals surface area contributed by atoms with Crippen LogP contribution in [0.3, 0.4) is 0 Å². The molecule has 3 aromatic rings. The van der Waals surface area contributed by atoms with E-state index in [0.29, 0.717) is 11.3 Å². The summed E-state index contributed by atoms with van der Waals surface area (Å²) >= 11 is 0. The molecule has 7 N–H and O–H groups in total. The van der Waals surface area contributed by atoms with E-state index in [1.807, 2.05) is 0 Å².